The molecule has 1 aromatic heterocycles. The fraction of sp³-hybridized carbons (Fsp3) is 0.571. The summed E-state index contributed by atoms with van der Waals surface area (Å²) in [5, 5.41) is 3.10. The molecule has 0 radical (unpaired) electrons. The Hall–Kier alpha value is -1.17. The minimum Gasteiger partial charge on any atom is -0.379 e. The molecule has 5 nitrogen and oxygen atoms in total. The molecule has 1 unspecified atom stereocenters. The molecule has 1 N–H and O–H groups in total. The van der Waals surface area contributed by atoms with E-state index in [1.165, 1.54) is 0 Å². The summed E-state index contributed by atoms with van der Waals surface area (Å²) in [7, 11) is 0. The molecular formula is C14H19ClN2O3. The Morgan fingerprint density at radius 1 is 1.55 bits per heavy atom. The second-order valence-corrected chi connectivity index (χ2v) is 5.05. The molecule has 1 fully saturated rings. The molecule has 0 aromatic carbocycles. The third kappa shape index (κ3) is 5.07. The zero-order valence-electron chi connectivity index (χ0n) is 11.3. The number of hydrogen-bond donors (Lipinski definition) is 1. The second-order valence-electron chi connectivity index (χ2n) is 4.66. The van der Waals surface area contributed by atoms with Gasteiger partial charge in [0.2, 0.25) is 0 Å². The predicted molar refractivity (Wildman–Crippen MR) is 76.0 cm³/mol. The first kappa shape index (κ1) is 15.2. The van der Waals surface area contributed by atoms with E-state index in [2.05, 4.69) is 10.3 Å². The third-order valence-electron chi connectivity index (χ3n) is 3.03. The lowest BCUT2D eigenvalue weighted by Crippen LogP contribution is -2.26. The molecule has 110 valence electrons. The number of halogens is 1. The molecule has 6 heteroatoms. The van der Waals surface area contributed by atoms with Crippen molar-refractivity contribution < 1.29 is 14.3 Å². The van der Waals surface area contributed by atoms with Gasteiger partial charge in [0.1, 0.15) is 10.8 Å². The van der Waals surface area contributed by atoms with Gasteiger partial charge in [-0.3, -0.25) is 4.79 Å². The van der Waals surface area contributed by atoms with Gasteiger partial charge in [0, 0.05) is 19.8 Å². The van der Waals surface area contributed by atoms with Crippen LogP contribution in [0, 0.1) is 0 Å². The molecule has 0 aliphatic carbocycles. The van der Waals surface area contributed by atoms with E-state index in [0.717, 1.165) is 25.9 Å². The number of amides is 1. The molecule has 1 amide bonds. The van der Waals surface area contributed by atoms with E-state index in [9.17, 15) is 4.79 Å². The summed E-state index contributed by atoms with van der Waals surface area (Å²) in [6.07, 6.45) is 3.22. The standard InChI is InChI=1S/C14H19ClN2O3/c15-13-6-1-5-12(17-13)14(18)16-7-3-8-19-10-11-4-2-9-20-11/h1,5-6,11H,2-4,7-10H2,(H,16,18). The second kappa shape index (κ2) is 8.19. The molecule has 1 aliphatic heterocycles. The summed E-state index contributed by atoms with van der Waals surface area (Å²) in [5.41, 5.74) is 0.331. The van der Waals surface area contributed by atoms with Gasteiger partial charge >= 0.3 is 0 Å². The number of carbonyl (C=O) groups is 1. The van der Waals surface area contributed by atoms with E-state index in [0.29, 0.717) is 30.6 Å². The summed E-state index contributed by atoms with van der Waals surface area (Å²) in [6.45, 7) is 2.65. The van der Waals surface area contributed by atoms with Gasteiger partial charge in [0.25, 0.3) is 5.91 Å². The number of pyridine rings is 1. The van der Waals surface area contributed by atoms with Gasteiger partial charge in [-0.05, 0) is 31.4 Å². The van der Waals surface area contributed by atoms with Crippen molar-refractivity contribution in [3.8, 4) is 0 Å². The Bertz CT molecular complexity index is 436. The highest BCUT2D eigenvalue weighted by molar-refractivity contribution is 6.29. The number of aromatic nitrogens is 1. The van der Waals surface area contributed by atoms with Gasteiger partial charge in [0.05, 0.1) is 12.7 Å². The van der Waals surface area contributed by atoms with E-state index in [1.54, 1.807) is 18.2 Å². The van der Waals surface area contributed by atoms with Crippen molar-refractivity contribution in [2.45, 2.75) is 25.4 Å². The topological polar surface area (TPSA) is 60.5 Å². The normalized spacial score (nSPS) is 18.1. The van der Waals surface area contributed by atoms with Crippen LogP contribution in [0.1, 0.15) is 29.8 Å². The number of hydrogen-bond acceptors (Lipinski definition) is 4. The summed E-state index contributed by atoms with van der Waals surface area (Å²) in [4.78, 5) is 15.7. The van der Waals surface area contributed by atoms with Gasteiger partial charge in [0.15, 0.2) is 0 Å². The number of nitrogens with one attached hydrogen (secondary N) is 1. The maximum atomic E-state index is 11.7. The fourth-order valence-corrected chi connectivity index (χ4v) is 2.16. The van der Waals surface area contributed by atoms with Gasteiger partial charge in [-0.25, -0.2) is 4.98 Å². The molecule has 1 atom stereocenters. The Kier molecular flexibility index (Phi) is 6.24. The Morgan fingerprint density at radius 2 is 2.45 bits per heavy atom. The molecule has 0 saturated carbocycles. The molecule has 20 heavy (non-hydrogen) atoms. The largest absolute Gasteiger partial charge is 0.379 e. The van der Waals surface area contributed by atoms with Crippen LogP contribution in [-0.4, -0.2) is 43.4 Å². The zero-order valence-corrected chi connectivity index (χ0v) is 12.1. The van der Waals surface area contributed by atoms with Crippen LogP contribution >= 0.6 is 11.6 Å². The van der Waals surface area contributed by atoms with E-state index in [4.69, 9.17) is 21.1 Å². The van der Waals surface area contributed by atoms with Crippen LogP contribution in [0.5, 0.6) is 0 Å². The van der Waals surface area contributed by atoms with Crippen molar-refractivity contribution in [1.82, 2.24) is 10.3 Å². The average molecular weight is 299 g/mol. The molecule has 1 saturated heterocycles. The van der Waals surface area contributed by atoms with Crippen LogP contribution in [0.2, 0.25) is 5.15 Å². The SMILES string of the molecule is O=C(NCCCOCC1CCCO1)c1cccc(Cl)n1. The van der Waals surface area contributed by atoms with Gasteiger partial charge in [-0.1, -0.05) is 17.7 Å². The number of ether oxygens (including phenoxy) is 2. The van der Waals surface area contributed by atoms with Gasteiger partial charge in [-0.15, -0.1) is 0 Å². The monoisotopic (exact) mass is 298 g/mol. The molecule has 1 aliphatic rings. The maximum absolute atomic E-state index is 11.7. The average Bonchev–Trinajstić information content (AvgIpc) is 2.95. The van der Waals surface area contributed by atoms with Crippen LogP contribution in [0.3, 0.4) is 0 Å². The van der Waals surface area contributed by atoms with E-state index in [1.807, 2.05) is 0 Å². The highest BCUT2D eigenvalue weighted by Crippen LogP contribution is 2.11. The Balaban J connectivity index is 1.55. The van der Waals surface area contributed by atoms with E-state index in [-0.39, 0.29) is 12.0 Å². The Morgan fingerprint density at radius 3 is 3.20 bits per heavy atom. The number of nitrogens with zero attached hydrogens (tertiary/aromatic N) is 1. The first-order chi connectivity index (χ1) is 9.75. The van der Waals surface area contributed by atoms with Crippen molar-refractivity contribution >= 4 is 17.5 Å². The first-order valence-electron chi connectivity index (χ1n) is 6.86. The molecule has 0 spiro atoms. The van der Waals surface area contributed by atoms with Crippen molar-refractivity contribution in [2.75, 3.05) is 26.4 Å². The lowest BCUT2D eigenvalue weighted by molar-refractivity contribution is 0.0166. The fourth-order valence-electron chi connectivity index (χ4n) is 1.99. The zero-order chi connectivity index (χ0) is 14.2. The third-order valence-corrected chi connectivity index (χ3v) is 3.24. The Labute approximate surface area is 123 Å². The highest BCUT2D eigenvalue weighted by atomic mass is 35.5. The summed E-state index contributed by atoms with van der Waals surface area (Å²) in [5.74, 6) is -0.216. The maximum Gasteiger partial charge on any atom is 0.269 e. The summed E-state index contributed by atoms with van der Waals surface area (Å²) >= 11 is 5.73. The minimum absolute atomic E-state index is 0.216. The quantitative estimate of drug-likeness (QED) is 0.618. The van der Waals surface area contributed by atoms with Crippen LogP contribution < -0.4 is 5.32 Å². The minimum atomic E-state index is -0.216. The lowest BCUT2D eigenvalue weighted by atomic mass is 10.2. The molecule has 0 bridgehead atoms. The van der Waals surface area contributed by atoms with Crippen LogP contribution in [-0.2, 0) is 9.47 Å². The van der Waals surface area contributed by atoms with Crippen molar-refractivity contribution in [3.63, 3.8) is 0 Å². The summed E-state index contributed by atoms with van der Waals surface area (Å²) < 4.78 is 11.0. The van der Waals surface area contributed by atoms with Crippen LogP contribution in [0.15, 0.2) is 18.2 Å². The van der Waals surface area contributed by atoms with Crippen molar-refractivity contribution in [3.05, 3.63) is 29.0 Å². The smallest absolute Gasteiger partial charge is 0.269 e. The molecule has 1 aromatic rings. The highest BCUT2D eigenvalue weighted by Gasteiger charge is 2.15. The number of carbonyl (C=O) groups excluding carboxylic acids is 1. The summed E-state index contributed by atoms with van der Waals surface area (Å²) in [6, 6.07) is 4.97. The number of rotatable bonds is 7. The van der Waals surface area contributed by atoms with E-state index >= 15 is 0 Å². The van der Waals surface area contributed by atoms with E-state index < -0.39 is 0 Å². The van der Waals surface area contributed by atoms with Crippen molar-refractivity contribution in [1.29, 1.82) is 0 Å². The van der Waals surface area contributed by atoms with Crippen LogP contribution in [0.25, 0.3) is 0 Å². The molecular weight excluding hydrogens is 280 g/mol. The van der Waals surface area contributed by atoms with Crippen LogP contribution in [0.4, 0.5) is 0 Å². The van der Waals surface area contributed by atoms with Crippen molar-refractivity contribution in [2.24, 2.45) is 0 Å². The lowest BCUT2D eigenvalue weighted by Gasteiger charge is -2.10. The first-order valence-corrected chi connectivity index (χ1v) is 7.23. The predicted octanol–water partition coefficient (Wildman–Crippen LogP) is 2.05. The molecule has 2 rings (SSSR count). The van der Waals surface area contributed by atoms with Gasteiger partial charge < -0.3 is 14.8 Å². The molecule has 2 heterocycles. The van der Waals surface area contributed by atoms with Gasteiger partial charge in [-0.2, -0.15) is 0 Å².